The van der Waals surface area contributed by atoms with Gasteiger partial charge < -0.3 is 4.98 Å². The van der Waals surface area contributed by atoms with Crippen LogP contribution in [-0.2, 0) is 6.18 Å². The van der Waals surface area contributed by atoms with Crippen molar-refractivity contribution in [1.82, 2.24) is 9.97 Å². The van der Waals surface area contributed by atoms with Crippen LogP contribution in [0.2, 0.25) is 0 Å². The van der Waals surface area contributed by atoms with Crippen LogP contribution in [-0.4, -0.2) is 15.7 Å². The van der Waals surface area contributed by atoms with Crippen LogP contribution in [0.15, 0.2) is 28.2 Å². The number of nitrogens with one attached hydrogen (secondary N) is 1. The van der Waals surface area contributed by atoms with Gasteiger partial charge in [-0.15, -0.1) is 0 Å². The first-order valence-corrected chi connectivity index (χ1v) is 6.14. The second-order valence-electron chi connectivity index (χ2n) is 3.53. The molecular weight excluding hydrogens is 265 g/mol. The maximum atomic E-state index is 12.5. The molecule has 0 atom stereocenters. The molecule has 0 aliphatic rings. The van der Waals surface area contributed by atoms with Crippen LogP contribution >= 0.6 is 11.8 Å². The van der Waals surface area contributed by atoms with Crippen LogP contribution < -0.4 is 5.56 Å². The smallest absolute Gasteiger partial charge is 0.301 e. The van der Waals surface area contributed by atoms with Crippen molar-refractivity contribution in [2.75, 3.05) is 5.75 Å². The second-order valence-corrected chi connectivity index (χ2v) is 4.79. The molecule has 0 spiro atoms. The van der Waals surface area contributed by atoms with Crippen molar-refractivity contribution in [3.63, 3.8) is 0 Å². The zero-order valence-electron chi connectivity index (χ0n) is 9.34. The Balaban J connectivity index is 2.62. The molecule has 1 aromatic carbocycles. The standard InChI is InChI=1S/C11H9F3N2OS/c1-2-18-10-15-8-4-3-6(11(12,13)14)5-7(8)9(17)16-10/h3-5H,2H2,1H3,(H,15,16,17). The summed E-state index contributed by atoms with van der Waals surface area (Å²) in [7, 11) is 0. The van der Waals surface area contributed by atoms with Gasteiger partial charge in [-0.2, -0.15) is 13.2 Å². The largest absolute Gasteiger partial charge is 0.416 e. The lowest BCUT2D eigenvalue weighted by molar-refractivity contribution is -0.137. The van der Waals surface area contributed by atoms with Crippen LogP contribution in [0.4, 0.5) is 13.2 Å². The van der Waals surface area contributed by atoms with Gasteiger partial charge in [0.25, 0.3) is 5.56 Å². The van der Waals surface area contributed by atoms with Crippen molar-refractivity contribution in [3.8, 4) is 0 Å². The Hall–Kier alpha value is -1.50. The summed E-state index contributed by atoms with van der Waals surface area (Å²) in [6.07, 6.45) is -4.46. The van der Waals surface area contributed by atoms with E-state index in [9.17, 15) is 18.0 Å². The van der Waals surface area contributed by atoms with Gasteiger partial charge >= 0.3 is 6.18 Å². The number of alkyl halides is 3. The number of aromatic nitrogens is 2. The van der Waals surface area contributed by atoms with Gasteiger partial charge in [0.1, 0.15) is 0 Å². The number of H-pyrrole nitrogens is 1. The van der Waals surface area contributed by atoms with Gasteiger partial charge in [-0.3, -0.25) is 4.79 Å². The molecule has 1 N–H and O–H groups in total. The monoisotopic (exact) mass is 274 g/mol. The fraction of sp³-hybridized carbons (Fsp3) is 0.273. The van der Waals surface area contributed by atoms with Crippen LogP contribution in [0.25, 0.3) is 10.9 Å². The van der Waals surface area contributed by atoms with Gasteiger partial charge in [-0.05, 0) is 24.0 Å². The van der Waals surface area contributed by atoms with Crippen LogP contribution in [0, 0.1) is 0 Å². The number of hydrogen-bond acceptors (Lipinski definition) is 3. The molecule has 2 aromatic rings. The zero-order chi connectivity index (χ0) is 13.3. The summed E-state index contributed by atoms with van der Waals surface area (Å²) in [5.41, 5.74) is -1.14. The number of hydrogen-bond donors (Lipinski definition) is 1. The molecule has 2 rings (SSSR count). The molecule has 0 bridgehead atoms. The van der Waals surface area contributed by atoms with Gasteiger partial charge in [-0.1, -0.05) is 18.7 Å². The molecule has 1 heterocycles. The van der Waals surface area contributed by atoms with Gasteiger partial charge in [-0.25, -0.2) is 4.98 Å². The van der Waals surface area contributed by atoms with E-state index < -0.39 is 17.3 Å². The number of nitrogens with zero attached hydrogens (tertiary/aromatic N) is 1. The molecular formula is C11H9F3N2OS. The molecule has 0 aliphatic carbocycles. The molecule has 0 fully saturated rings. The van der Waals surface area contributed by atoms with E-state index in [4.69, 9.17) is 0 Å². The molecule has 0 saturated heterocycles. The maximum absolute atomic E-state index is 12.5. The molecule has 0 radical (unpaired) electrons. The van der Waals surface area contributed by atoms with E-state index in [2.05, 4.69) is 9.97 Å². The first-order valence-electron chi connectivity index (χ1n) is 5.16. The fourth-order valence-electron chi connectivity index (χ4n) is 1.50. The molecule has 0 unspecified atom stereocenters. The Bertz CT molecular complexity index is 636. The topological polar surface area (TPSA) is 45.8 Å². The molecule has 96 valence electrons. The molecule has 18 heavy (non-hydrogen) atoms. The van der Waals surface area contributed by atoms with Crippen molar-refractivity contribution in [2.45, 2.75) is 18.3 Å². The number of rotatable bonds is 2. The highest BCUT2D eigenvalue weighted by atomic mass is 32.2. The Morgan fingerprint density at radius 2 is 2.11 bits per heavy atom. The van der Waals surface area contributed by atoms with Crippen molar-refractivity contribution >= 4 is 22.7 Å². The zero-order valence-corrected chi connectivity index (χ0v) is 10.2. The normalized spacial score (nSPS) is 12.0. The Morgan fingerprint density at radius 3 is 2.72 bits per heavy atom. The summed E-state index contributed by atoms with van der Waals surface area (Å²) in [4.78, 5) is 18.2. The van der Waals surface area contributed by atoms with E-state index in [-0.39, 0.29) is 10.9 Å². The Morgan fingerprint density at radius 1 is 1.39 bits per heavy atom. The van der Waals surface area contributed by atoms with Crippen LogP contribution in [0.1, 0.15) is 12.5 Å². The summed E-state index contributed by atoms with van der Waals surface area (Å²) >= 11 is 1.33. The number of fused-ring (bicyclic) bond motifs is 1. The second kappa shape index (κ2) is 4.64. The van der Waals surface area contributed by atoms with Crippen LogP contribution in [0.3, 0.4) is 0 Å². The predicted molar refractivity (Wildman–Crippen MR) is 63.8 cm³/mol. The van der Waals surface area contributed by atoms with Crippen molar-refractivity contribution < 1.29 is 13.2 Å². The number of benzene rings is 1. The van der Waals surface area contributed by atoms with E-state index >= 15 is 0 Å². The van der Waals surface area contributed by atoms with E-state index in [1.165, 1.54) is 17.8 Å². The van der Waals surface area contributed by atoms with Gasteiger partial charge in [0.15, 0.2) is 5.16 Å². The average Bonchev–Trinajstić information content (AvgIpc) is 2.27. The highest BCUT2D eigenvalue weighted by Gasteiger charge is 2.30. The predicted octanol–water partition coefficient (Wildman–Crippen LogP) is 3.05. The third kappa shape index (κ3) is 2.50. The number of aromatic amines is 1. The molecule has 1 aromatic heterocycles. The lowest BCUT2D eigenvalue weighted by Crippen LogP contribution is -2.12. The summed E-state index contributed by atoms with van der Waals surface area (Å²) in [5, 5.41) is 0.361. The van der Waals surface area contributed by atoms with E-state index in [0.717, 1.165) is 17.9 Å². The Labute approximate surface area is 104 Å². The molecule has 0 aliphatic heterocycles. The lowest BCUT2D eigenvalue weighted by atomic mass is 10.1. The van der Waals surface area contributed by atoms with Crippen molar-refractivity contribution in [2.24, 2.45) is 0 Å². The van der Waals surface area contributed by atoms with Crippen molar-refractivity contribution in [1.29, 1.82) is 0 Å². The summed E-state index contributed by atoms with van der Waals surface area (Å²) < 4.78 is 37.5. The summed E-state index contributed by atoms with van der Waals surface area (Å²) in [6, 6.07) is 2.96. The molecule has 0 saturated carbocycles. The molecule has 3 nitrogen and oxygen atoms in total. The minimum atomic E-state index is -4.46. The lowest BCUT2D eigenvalue weighted by Gasteiger charge is -2.07. The Kier molecular flexibility index (Phi) is 3.34. The minimum Gasteiger partial charge on any atom is -0.301 e. The SMILES string of the molecule is CCSc1nc2ccc(C(F)(F)F)cc2c(=O)[nH]1. The maximum Gasteiger partial charge on any atom is 0.416 e. The highest BCUT2D eigenvalue weighted by Crippen LogP contribution is 2.30. The third-order valence-corrected chi connectivity index (χ3v) is 3.05. The fourth-order valence-corrected chi connectivity index (χ4v) is 2.10. The number of halogens is 3. The van der Waals surface area contributed by atoms with E-state index in [1.807, 2.05) is 6.92 Å². The quantitative estimate of drug-likeness (QED) is 0.676. The summed E-state index contributed by atoms with van der Waals surface area (Å²) in [6.45, 7) is 1.89. The van der Waals surface area contributed by atoms with Crippen LogP contribution in [0.5, 0.6) is 0 Å². The van der Waals surface area contributed by atoms with Gasteiger partial charge in [0, 0.05) is 0 Å². The highest BCUT2D eigenvalue weighted by molar-refractivity contribution is 7.99. The molecule has 7 heteroatoms. The van der Waals surface area contributed by atoms with Crippen molar-refractivity contribution in [3.05, 3.63) is 34.1 Å². The van der Waals surface area contributed by atoms with E-state index in [1.54, 1.807) is 0 Å². The third-order valence-electron chi connectivity index (χ3n) is 2.29. The first-order chi connectivity index (χ1) is 8.41. The molecule has 0 amide bonds. The van der Waals surface area contributed by atoms with Gasteiger partial charge in [0.05, 0.1) is 16.5 Å². The summed E-state index contributed by atoms with van der Waals surface area (Å²) in [5.74, 6) is 0.717. The minimum absolute atomic E-state index is 0.0507. The number of thioether (sulfide) groups is 1. The average molecular weight is 274 g/mol. The first kappa shape index (κ1) is 12.9. The van der Waals surface area contributed by atoms with Gasteiger partial charge in [0.2, 0.25) is 0 Å². The van der Waals surface area contributed by atoms with E-state index in [0.29, 0.717) is 5.16 Å².